The van der Waals surface area contributed by atoms with E-state index in [1.165, 1.54) is 0 Å². The lowest BCUT2D eigenvalue weighted by molar-refractivity contribution is -0.116. The maximum absolute atomic E-state index is 12.6. The molecule has 4 rings (SSSR count). The normalized spacial score (nSPS) is 10.9. The van der Waals surface area contributed by atoms with Crippen molar-refractivity contribution < 1.29 is 9.32 Å². The Labute approximate surface area is 157 Å². The number of aromatic amines is 1. The van der Waals surface area contributed by atoms with Crippen LogP contribution in [0.5, 0.6) is 0 Å². The highest BCUT2D eigenvalue weighted by Gasteiger charge is 2.15. The summed E-state index contributed by atoms with van der Waals surface area (Å²) in [6, 6.07) is 13.5. The maximum Gasteiger partial charge on any atom is 0.329 e. The predicted octanol–water partition coefficient (Wildman–Crippen LogP) is 1.69. The first-order valence-electron chi connectivity index (χ1n) is 8.44. The molecule has 0 saturated heterocycles. The summed E-state index contributed by atoms with van der Waals surface area (Å²) in [5, 5.41) is 6.88. The Morgan fingerprint density at radius 1 is 1.14 bits per heavy atom. The molecule has 9 nitrogen and oxygen atoms in total. The smallest absolute Gasteiger partial charge is 0.329 e. The maximum atomic E-state index is 12.6. The Balaban J connectivity index is 1.64. The molecule has 0 unspecified atom stereocenters. The molecule has 0 aliphatic carbocycles. The molecular formula is C19H15N5O4. The second kappa shape index (κ2) is 6.95. The topological polar surface area (TPSA) is 123 Å². The second-order valence-corrected chi connectivity index (χ2v) is 6.10. The number of rotatable bonds is 4. The summed E-state index contributed by atoms with van der Waals surface area (Å²) >= 11 is 0. The molecule has 0 spiro atoms. The van der Waals surface area contributed by atoms with Crippen LogP contribution in [0.3, 0.4) is 0 Å². The third kappa shape index (κ3) is 3.20. The van der Waals surface area contributed by atoms with Crippen LogP contribution in [0.2, 0.25) is 0 Å². The molecule has 2 aromatic heterocycles. The number of amides is 1. The molecule has 9 heteroatoms. The third-order valence-electron chi connectivity index (χ3n) is 4.16. The molecule has 2 N–H and O–H groups in total. The van der Waals surface area contributed by atoms with E-state index in [1.54, 1.807) is 55.5 Å². The zero-order chi connectivity index (χ0) is 19.7. The van der Waals surface area contributed by atoms with E-state index in [0.29, 0.717) is 33.9 Å². The lowest BCUT2D eigenvalue weighted by atomic mass is 10.1. The summed E-state index contributed by atoms with van der Waals surface area (Å²) in [6.45, 7) is 1.23. The van der Waals surface area contributed by atoms with Gasteiger partial charge in [-0.05, 0) is 24.3 Å². The molecule has 2 aromatic carbocycles. The van der Waals surface area contributed by atoms with E-state index in [0.717, 1.165) is 4.57 Å². The lowest BCUT2D eigenvalue weighted by Gasteiger charge is -2.10. The fourth-order valence-electron chi connectivity index (χ4n) is 2.87. The number of benzene rings is 2. The molecule has 140 valence electrons. The number of para-hydroxylation sites is 2. The number of hydrogen-bond donors (Lipinski definition) is 2. The van der Waals surface area contributed by atoms with Crippen molar-refractivity contribution in [2.24, 2.45) is 0 Å². The number of carbonyl (C=O) groups is 1. The van der Waals surface area contributed by atoms with Crippen LogP contribution in [0, 0.1) is 6.92 Å². The first kappa shape index (κ1) is 17.4. The molecule has 0 aliphatic rings. The van der Waals surface area contributed by atoms with Crippen LogP contribution in [-0.2, 0) is 11.3 Å². The Morgan fingerprint density at radius 2 is 1.89 bits per heavy atom. The summed E-state index contributed by atoms with van der Waals surface area (Å²) < 4.78 is 5.84. The first-order chi connectivity index (χ1) is 13.5. The van der Waals surface area contributed by atoms with E-state index < -0.39 is 23.7 Å². The summed E-state index contributed by atoms with van der Waals surface area (Å²) in [5.74, 6) is 0.190. The van der Waals surface area contributed by atoms with E-state index in [4.69, 9.17) is 4.52 Å². The SMILES string of the molecule is Cc1nc(-c2ccccc2NC(=O)Cn2c(=O)[nH]c3ccccc3c2=O)no1. The van der Waals surface area contributed by atoms with Crippen LogP contribution in [0.15, 0.2) is 62.6 Å². The molecule has 1 amide bonds. The number of carbonyl (C=O) groups excluding carboxylic acids is 1. The zero-order valence-electron chi connectivity index (χ0n) is 14.8. The van der Waals surface area contributed by atoms with Crippen LogP contribution in [0.4, 0.5) is 5.69 Å². The van der Waals surface area contributed by atoms with E-state index in [9.17, 15) is 14.4 Å². The van der Waals surface area contributed by atoms with Gasteiger partial charge < -0.3 is 14.8 Å². The minimum Gasteiger partial charge on any atom is -0.339 e. The van der Waals surface area contributed by atoms with E-state index in [1.807, 2.05) is 0 Å². The number of fused-ring (bicyclic) bond motifs is 1. The second-order valence-electron chi connectivity index (χ2n) is 6.10. The van der Waals surface area contributed by atoms with Crippen molar-refractivity contribution in [1.82, 2.24) is 19.7 Å². The van der Waals surface area contributed by atoms with Gasteiger partial charge in [0.1, 0.15) is 6.54 Å². The highest BCUT2D eigenvalue weighted by atomic mass is 16.5. The molecular weight excluding hydrogens is 362 g/mol. The van der Waals surface area contributed by atoms with E-state index in [-0.39, 0.29) is 0 Å². The van der Waals surface area contributed by atoms with Gasteiger partial charge >= 0.3 is 5.69 Å². The van der Waals surface area contributed by atoms with Gasteiger partial charge in [-0.2, -0.15) is 4.98 Å². The fraction of sp³-hybridized carbons (Fsp3) is 0.105. The lowest BCUT2D eigenvalue weighted by Crippen LogP contribution is -2.38. The Morgan fingerprint density at radius 3 is 2.68 bits per heavy atom. The Kier molecular flexibility index (Phi) is 4.32. The number of H-pyrrole nitrogens is 1. The monoisotopic (exact) mass is 377 g/mol. The minimum absolute atomic E-state index is 0.328. The molecule has 0 aliphatic heterocycles. The van der Waals surface area contributed by atoms with Crippen LogP contribution < -0.4 is 16.6 Å². The molecule has 0 bridgehead atoms. The van der Waals surface area contributed by atoms with Gasteiger partial charge in [-0.3, -0.25) is 14.2 Å². The average molecular weight is 377 g/mol. The van der Waals surface area contributed by atoms with Gasteiger partial charge in [-0.1, -0.05) is 29.4 Å². The zero-order valence-corrected chi connectivity index (χ0v) is 14.8. The van der Waals surface area contributed by atoms with Gasteiger partial charge in [0.15, 0.2) is 0 Å². The fourth-order valence-corrected chi connectivity index (χ4v) is 2.87. The van der Waals surface area contributed by atoms with Crippen molar-refractivity contribution in [1.29, 1.82) is 0 Å². The number of aryl methyl sites for hydroxylation is 1. The Bertz CT molecular complexity index is 1300. The minimum atomic E-state index is -0.652. The summed E-state index contributed by atoms with van der Waals surface area (Å²) in [5.41, 5.74) is 0.246. The number of nitrogens with zero attached hydrogens (tertiary/aromatic N) is 3. The third-order valence-corrected chi connectivity index (χ3v) is 4.16. The van der Waals surface area contributed by atoms with Crippen molar-refractivity contribution in [3.63, 3.8) is 0 Å². The summed E-state index contributed by atoms with van der Waals surface area (Å²) in [7, 11) is 0. The number of nitrogens with one attached hydrogen (secondary N) is 2. The van der Waals surface area contributed by atoms with Crippen molar-refractivity contribution in [3.8, 4) is 11.4 Å². The quantitative estimate of drug-likeness (QED) is 0.558. The molecule has 0 radical (unpaired) electrons. The molecule has 0 fully saturated rings. The van der Waals surface area contributed by atoms with Crippen LogP contribution >= 0.6 is 0 Å². The van der Waals surface area contributed by atoms with Gasteiger partial charge in [0.2, 0.25) is 17.6 Å². The van der Waals surface area contributed by atoms with E-state index in [2.05, 4.69) is 20.4 Å². The van der Waals surface area contributed by atoms with Crippen LogP contribution in [0.1, 0.15) is 5.89 Å². The highest BCUT2D eigenvalue weighted by molar-refractivity contribution is 5.94. The average Bonchev–Trinajstić information content (AvgIpc) is 3.12. The molecule has 28 heavy (non-hydrogen) atoms. The van der Waals surface area contributed by atoms with Crippen molar-refractivity contribution in [2.45, 2.75) is 13.5 Å². The standard InChI is InChI=1S/C19H15N5O4/c1-11-20-17(23-28-11)12-6-2-4-8-14(12)21-16(25)10-24-18(26)13-7-3-5-9-15(13)22-19(24)27/h2-9H,10H2,1H3,(H,21,25)(H,22,27). The van der Waals surface area contributed by atoms with E-state index >= 15 is 0 Å². The molecule has 2 heterocycles. The Hall–Kier alpha value is -4.01. The van der Waals surface area contributed by atoms with Crippen LogP contribution in [0.25, 0.3) is 22.3 Å². The number of hydrogen-bond acceptors (Lipinski definition) is 6. The van der Waals surface area contributed by atoms with Crippen molar-refractivity contribution in [2.75, 3.05) is 5.32 Å². The molecule has 4 aromatic rings. The van der Waals surface area contributed by atoms with Gasteiger partial charge in [0.05, 0.1) is 16.6 Å². The highest BCUT2D eigenvalue weighted by Crippen LogP contribution is 2.25. The predicted molar refractivity (Wildman–Crippen MR) is 102 cm³/mol. The van der Waals surface area contributed by atoms with Gasteiger partial charge in [-0.15, -0.1) is 0 Å². The van der Waals surface area contributed by atoms with Crippen LogP contribution in [-0.4, -0.2) is 25.6 Å². The van der Waals surface area contributed by atoms with Crippen molar-refractivity contribution in [3.05, 3.63) is 75.3 Å². The number of anilines is 1. The van der Waals surface area contributed by atoms with Gasteiger partial charge in [0.25, 0.3) is 5.56 Å². The number of aromatic nitrogens is 4. The van der Waals surface area contributed by atoms with Gasteiger partial charge in [-0.25, -0.2) is 4.79 Å². The summed E-state index contributed by atoms with van der Waals surface area (Å²) in [4.78, 5) is 44.1. The van der Waals surface area contributed by atoms with Crippen molar-refractivity contribution >= 4 is 22.5 Å². The largest absolute Gasteiger partial charge is 0.339 e. The molecule has 0 saturated carbocycles. The molecule has 0 atom stereocenters. The van der Waals surface area contributed by atoms with Gasteiger partial charge in [0, 0.05) is 12.5 Å². The first-order valence-corrected chi connectivity index (χ1v) is 8.44. The summed E-state index contributed by atoms with van der Waals surface area (Å²) in [6.07, 6.45) is 0.